The van der Waals surface area contributed by atoms with E-state index < -0.39 is 5.60 Å². The molecule has 0 spiro atoms. The molecule has 4 heteroatoms. The van der Waals surface area contributed by atoms with Gasteiger partial charge in [0.2, 0.25) is 0 Å². The molecule has 1 aromatic heterocycles. The molecule has 0 amide bonds. The molecule has 108 valence electrons. The molecule has 0 saturated carbocycles. The van der Waals surface area contributed by atoms with Crippen LogP contribution in [0.3, 0.4) is 0 Å². The Kier molecular flexibility index (Phi) is 3.53. The third kappa shape index (κ3) is 2.46. The molecule has 2 aromatic rings. The first-order valence-electron chi connectivity index (χ1n) is 7.14. The lowest BCUT2D eigenvalue weighted by Gasteiger charge is -2.38. The zero-order chi connectivity index (χ0) is 14.3. The summed E-state index contributed by atoms with van der Waals surface area (Å²) in [4.78, 5) is 2.38. The number of hydrogen-bond donors (Lipinski definition) is 1. The Hall–Kier alpha value is -1.03. The van der Waals surface area contributed by atoms with E-state index in [4.69, 9.17) is 16.0 Å². The van der Waals surface area contributed by atoms with Crippen molar-refractivity contribution in [2.45, 2.75) is 38.3 Å². The fourth-order valence-corrected chi connectivity index (χ4v) is 3.08. The standard InChI is InChI=1S/C16H20ClNO2/c1-11(2)18-7-5-16(19,6-8-18)15-10-12-9-13(17)3-4-14(12)20-15/h3-4,9-11,19H,5-8H2,1-2H3. The molecule has 1 aliphatic rings. The average molecular weight is 294 g/mol. The molecular weight excluding hydrogens is 274 g/mol. The minimum Gasteiger partial charge on any atom is -0.458 e. The predicted octanol–water partition coefficient (Wildman–Crippen LogP) is 3.78. The maximum absolute atomic E-state index is 10.9. The quantitative estimate of drug-likeness (QED) is 0.915. The first kappa shape index (κ1) is 13.9. The maximum Gasteiger partial charge on any atom is 0.136 e. The number of rotatable bonds is 2. The smallest absolute Gasteiger partial charge is 0.136 e. The molecule has 20 heavy (non-hydrogen) atoms. The molecule has 1 saturated heterocycles. The molecular formula is C16H20ClNO2. The summed E-state index contributed by atoms with van der Waals surface area (Å²) in [7, 11) is 0. The van der Waals surface area contributed by atoms with Crippen LogP contribution in [0.1, 0.15) is 32.4 Å². The number of fused-ring (bicyclic) bond motifs is 1. The van der Waals surface area contributed by atoms with Crippen LogP contribution >= 0.6 is 11.6 Å². The summed E-state index contributed by atoms with van der Waals surface area (Å²) in [6.07, 6.45) is 1.41. The van der Waals surface area contributed by atoms with Crippen LogP contribution in [-0.4, -0.2) is 29.1 Å². The minimum atomic E-state index is -0.850. The Morgan fingerprint density at radius 2 is 1.95 bits per heavy atom. The zero-order valence-electron chi connectivity index (χ0n) is 11.9. The van der Waals surface area contributed by atoms with Gasteiger partial charge in [0.25, 0.3) is 0 Å². The summed E-state index contributed by atoms with van der Waals surface area (Å²) in [5.74, 6) is 0.665. The lowest BCUT2D eigenvalue weighted by Crippen LogP contribution is -2.45. The van der Waals surface area contributed by atoms with Gasteiger partial charge in [-0.05, 0) is 51.0 Å². The molecule has 2 heterocycles. The highest BCUT2D eigenvalue weighted by Gasteiger charge is 2.37. The molecule has 0 aliphatic carbocycles. The second-order valence-corrected chi connectivity index (χ2v) is 6.39. The Morgan fingerprint density at radius 1 is 1.25 bits per heavy atom. The maximum atomic E-state index is 10.9. The van der Waals surface area contributed by atoms with Gasteiger partial charge < -0.3 is 14.4 Å². The highest BCUT2D eigenvalue weighted by molar-refractivity contribution is 6.31. The Bertz CT molecular complexity index is 612. The lowest BCUT2D eigenvalue weighted by atomic mass is 9.88. The average Bonchev–Trinajstić information content (AvgIpc) is 2.83. The van der Waals surface area contributed by atoms with Crippen molar-refractivity contribution in [2.75, 3.05) is 13.1 Å². The van der Waals surface area contributed by atoms with Crippen LogP contribution in [0, 0.1) is 0 Å². The van der Waals surface area contributed by atoms with Crippen molar-refractivity contribution in [3.8, 4) is 0 Å². The van der Waals surface area contributed by atoms with E-state index in [0.717, 1.165) is 24.1 Å². The SMILES string of the molecule is CC(C)N1CCC(O)(c2cc3cc(Cl)ccc3o2)CC1. The van der Waals surface area contributed by atoms with E-state index in [0.29, 0.717) is 29.7 Å². The second-order valence-electron chi connectivity index (χ2n) is 5.95. The van der Waals surface area contributed by atoms with Crippen LogP contribution in [0.2, 0.25) is 5.02 Å². The van der Waals surface area contributed by atoms with Crippen LogP contribution in [0.25, 0.3) is 11.0 Å². The number of benzene rings is 1. The van der Waals surface area contributed by atoms with E-state index in [-0.39, 0.29) is 0 Å². The molecule has 1 fully saturated rings. The van der Waals surface area contributed by atoms with Gasteiger partial charge in [0, 0.05) is 29.5 Å². The van der Waals surface area contributed by atoms with Crippen molar-refractivity contribution in [1.29, 1.82) is 0 Å². The largest absolute Gasteiger partial charge is 0.458 e. The van der Waals surface area contributed by atoms with Gasteiger partial charge in [0.1, 0.15) is 16.9 Å². The minimum absolute atomic E-state index is 0.522. The first-order valence-corrected chi connectivity index (χ1v) is 7.52. The van der Waals surface area contributed by atoms with Crippen molar-refractivity contribution < 1.29 is 9.52 Å². The summed E-state index contributed by atoms with van der Waals surface area (Å²) < 4.78 is 5.83. The molecule has 0 radical (unpaired) electrons. The van der Waals surface area contributed by atoms with E-state index in [2.05, 4.69) is 18.7 Å². The van der Waals surface area contributed by atoms with Crippen LogP contribution in [-0.2, 0) is 5.60 Å². The summed E-state index contributed by atoms with van der Waals surface area (Å²) in [5, 5.41) is 12.5. The highest BCUT2D eigenvalue weighted by atomic mass is 35.5. The number of piperidine rings is 1. The molecule has 1 N–H and O–H groups in total. The number of aliphatic hydroxyl groups is 1. The number of hydrogen-bond acceptors (Lipinski definition) is 3. The fourth-order valence-electron chi connectivity index (χ4n) is 2.90. The van der Waals surface area contributed by atoms with E-state index in [9.17, 15) is 5.11 Å². The summed E-state index contributed by atoms with van der Waals surface area (Å²) >= 11 is 5.99. The van der Waals surface area contributed by atoms with Gasteiger partial charge >= 0.3 is 0 Å². The molecule has 3 nitrogen and oxygen atoms in total. The molecule has 1 aliphatic heterocycles. The second kappa shape index (κ2) is 5.06. The van der Waals surface area contributed by atoms with E-state index in [1.165, 1.54) is 0 Å². The van der Waals surface area contributed by atoms with Crippen molar-refractivity contribution in [1.82, 2.24) is 4.90 Å². The van der Waals surface area contributed by atoms with E-state index in [1.54, 1.807) is 0 Å². The molecule has 0 bridgehead atoms. The lowest BCUT2D eigenvalue weighted by molar-refractivity contribution is -0.0467. The van der Waals surface area contributed by atoms with Crippen molar-refractivity contribution in [2.24, 2.45) is 0 Å². The predicted molar refractivity (Wildman–Crippen MR) is 81.1 cm³/mol. The van der Waals surface area contributed by atoms with E-state index in [1.807, 2.05) is 24.3 Å². The Labute approximate surface area is 124 Å². The van der Waals surface area contributed by atoms with Gasteiger partial charge in [-0.3, -0.25) is 0 Å². The number of likely N-dealkylation sites (tertiary alicyclic amines) is 1. The van der Waals surface area contributed by atoms with Gasteiger partial charge in [-0.15, -0.1) is 0 Å². The van der Waals surface area contributed by atoms with Gasteiger partial charge in [0.15, 0.2) is 0 Å². The number of nitrogens with zero attached hydrogens (tertiary/aromatic N) is 1. The highest BCUT2D eigenvalue weighted by Crippen LogP contribution is 2.37. The normalized spacial score (nSPS) is 19.9. The van der Waals surface area contributed by atoms with Crippen molar-refractivity contribution in [3.63, 3.8) is 0 Å². The summed E-state index contributed by atoms with van der Waals surface area (Å²) in [5.41, 5.74) is -0.0687. The topological polar surface area (TPSA) is 36.6 Å². The van der Waals surface area contributed by atoms with Gasteiger partial charge in [-0.1, -0.05) is 11.6 Å². The van der Waals surface area contributed by atoms with Crippen LogP contribution in [0.15, 0.2) is 28.7 Å². The summed E-state index contributed by atoms with van der Waals surface area (Å²) in [6, 6.07) is 7.98. The third-order valence-electron chi connectivity index (χ3n) is 4.29. The first-order chi connectivity index (χ1) is 9.48. The third-order valence-corrected chi connectivity index (χ3v) is 4.53. The van der Waals surface area contributed by atoms with Gasteiger partial charge in [-0.25, -0.2) is 0 Å². The van der Waals surface area contributed by atoms with Crippen LogP contribution in [0.5, 0.6) is 0 Å². The van der Waals surface area contributed by atoms with Crippen LogP contribution < -0.4 is 0 Å². The molecule has 1 aromatic carbocycles. The van der Waals surface area contributed by atoms with Crippen molar-refractivity contribution in [3.05, 3.63) is 35.0 Å². The Balaban J connectivity index is 1.87. The Morgan fingerprint density at radius 3 is 2.60 bits per heavy atom. The number of furan rings is 1. The monoisotopic (exact) mass is 293 g/mol. The van der Waals surface area contributed by atoms with Gasteiger partial charge in [-0.2, -0.15) is 0 Å². The van der Waals surface area contributed by atoms with Gasteiger partial charge in [0.05, 0.1) is 0 Å². The zero-order valence-corrected chi connectivity index (χ0v) is 12.7. The molecule has 3 rings (SSSR count). The fraction of sp³-hybridized carbons (Fsp3) is 0.500. The van der Waals surface area contributed by atoms with Crippen molar-refractivity contribution >= 4 is 22.6 Å². The molecule has 0 unspecified atom stereocenters. The number of halogens is 1. The molecule has 0 atom stereocenters. The summed E-state index contributed by atoms with van der Waals surface area (Å²) in [6.45, 7) is 6.17. The van der Waals surface area contributed by atoms with Crippen LogP contribution in [0.4, 0.5) is 0 Å². The van der Waals surface area contributed by atoms with E-state index >= 15 is 0 Å².